The van der Waals surface area contributed by atoms with Crippen LogP contribution >= 0.6 is 0 Å². The van der Waals surface area contributed by atoms with Crippen LogP contribution in [0.25, 0.3) is 6.08 Å². The molecule has 5 N–H and O–H groups in total. The zero-order valence-electron chi connectivity index (χ0n) is 24.3. The summed E-state index contributed by atoms with van der Waals surface area (Å²) in [5.41, 5.74) is 14.0. The predicted molar refractivity (Wildman–Crippen MR) is 164 cm³/mol. The Labute approximate surface area is 247 Å². The smallest absolute Gasteiger partial charge is 0.336 e. The molecule has 0 bridgehead atoms. The Morgan fingerprint density at radius 1 is 0.833 bits per heavy atom. The maximum Gasteiger partial charge on any atom is 0.336 e. The minimum absolute atomic E-state index is 0.146. The van der Waals surface area contributed by atoms with Crippen LogP contribution < -0.4 is 30.4 Å². The normalized spacial score (nSPS) is 10.9. The summed E-state index contributed by atoms with van der Waals surface area (Å²) in [6, 6.07) is 15.4. The van der Waals surface area contributed by atoms with Gasteiger partial charge in [-0.2, -0.15) is 0 Å². The van der Waals surface area contributed by atoms with Gasteiger partial charge in [-0.05, 0) is 97.8 Å². The second-order valence-corrected chi connectivity index (χ2v) is 9.79. The van der Waals surface area contributed by atoms with Crippen molar-refractivity contribution in [3.05, 3.63) is 77.4 Å². The number of nitrogen functional groups attached to an aromatic ring is 2. The van der Waals surface area contributed by atoms with Gasteiger partial charge in [0.15, 0.2) is 11.5 Å². The Balaban J connectivity index is 1.44. The molecule has 42 heavy (non-hydrogen) atoms. The van der Waals surface area contributed by atoms with Gasteiger partial charge in [0, 0.05) is 17.5 Å². The van der Waals surface area contributed by atoms with Crippen LogP contribution in [-0.2, 0) is 11.2 Å². The number of hydrogen-bond acceptors (Lipinski definition) is 8. The Morgan fingerprint density at radius 3 is 2.26 bits per heavy atom. The summed E-state index contributed by atoms with van der Waals surface area (Å²) in [6.07, 6.45) is 9.17. The van der Waals surface area contributed by atoms with Crippen LogP contribution in [0.5, 0.6) is 23.0 Å². The van der Waals surface area contributed by atoms with Crippen molar-refractivity contribution in [1.82, 2.24) is 0 Å². The fourth-order valence-corrected chi connectivity index (χ4v) is 4.32. The van der Waals surface area contributed by atoms with Crippen molar-refractivity contribution in [1.29, 1.82) is 0 Å². The number of unbranched alkanes of at least 4 members (excludes halogenated alkanes) is 4. The molecular weight excluding hydrogens is 536 g/mol. The van der Waals surface area contributed by atoms with Gasteiger partial charge < -0.3 is 35.5 Å². The van der Waals surface area contributed by atoms with Crippen molar-refractivity contribution in [3.63, 3.8) is 0 Å². The first-order valence-electron chi connectivity index (χ1n) is 14.2. The number of esters is 1. The molecular formula is C33H40N2O7. The van der Waals surface area contributed by atoms with Gasteiger partial charge in [0.25, 0.3) is 0 Å². The summed E-state index contributed by atoms with van der Waals surface area (Å²) < 4.78 is 22.4. The lowest BCUT2D eigenvalue weighted by atomic mass is 9.98. The third-order valence-electron chi connectivity index (χ3n) is 6.52. The Morgan fingerprint density at radius 2 is 1.55 bits per heavy atom. The summed E-state index contributed by atoms with van der Waals surface area (Å²) in [5.74, 6) is 0.774. The van der Waals surface area contributed by atoms with Gasteiger partial charge in [-0.25, -0.2) is 9.59 Å². The zero-order valence-corrected chi connectivity index (χ0v) is 24.3. The largest absolute Gasteiger partial charge is 0.494 e. The standard InChI is InChI=1S/C33H40N2O7/c1-3-4-7-18-40-25-12-14-26(15-13-25)42-32(36)17-11-23-10-16-30(31(20-23)39-2)41-19-8-5-6-9-27-28(33(37)38)21-24(34)22-29(27)35/h10-17,20-22H,3-9,18-19,34-35H2,1-2H3,(H,37,38)/b17-11+. The molecule has 0 saturated carbocycles. The molecule has 0 fully saturated rings. The van der Waals surface area contributed by atoms with Crippen molar-refractivity contribution in [2.45, 2.75) is 51.9 Å². The van der Waals surface area contributed by atoms with Gasteiger partial charge in [0.05, 0.1) is 25.9 Å². The molecule has 0 unspecified atom stereocenters. The number of carboxylic acids is 1. The van der Waals surface area contributed by atoms with E-state index in [4.69, 9.17) is 30.4 Å². The molecule has 0 aliphatic rings. The van der Waals surface area contributed by atoms with Gasteiger partial charge in [-0.3, -0.25) is 0 Å². The fraction of sp³-hybridized carbons (Fsp3) is 0.333. The number of rotatable bonds is 17. The van der Waals surface area contributed by atoms with Gasteiger partial charge in [0.2, 0.25) is 0 Å². The van der Waals surface area contributed by atoms with Gasteiger partial charge in [0.1, 0.15) is 11.5 Å². The number of anilines is 2. The minimum Gasteiger partial charge on any atom is -0.494 e. The van der Waals surface area contributed by atoms with E-state index < -0.39 is 11.9 Å². The van der Waals surface area contributed by atoms with Gasteiger partial charge >= 0.3 is 11.9 Å². The lowest BCUT2D eigenvalue weighted by Crippen LogP contribution is -2.08. The molecule has 0 radical (unpaired) electrons. The average molecular weight is 577 g/mol. The lowest BCUT2D eigenvalue weighted by Gasteiger charge is -2.12. The molecule has 0 aromatic heterocycles. The summed E-state index contributed by atoms with van der Waals surface area (Å²) in [4.78, 5) is 23.8. The number of carbonyl (C=O) groups is 2. The molecule has 0 amide bonds. The molecule has 224 valence electrons. The number of aromatic carboxylic acids is 1. The number of hydrogen-bond donors (Lipinski definition) is 3. The monoisotopic (exact) mass is 576 g/mol. The maximum absolute atomic E-state index is 12.3. The second-order valence-electron chi connectivity index (χ2n) is 9.79. The van der Waals surface area contributed by atoms with E-state index in [2.05, 4.69) is 6.92 Å². The van der Waals surface area contributed by atoms with E-state index in [0.29, 0.717) is 53.8 Å². The summed E-state index contributed by atoms with van der Waals surface area (Å²) in [6.45, 7) is 3.28. The quantitative estimate of drug-likeness (QED) is 0.0536. The molecule has 3 aromatic carbocycles. The molecule has 0 aliphatic heterocycles. The number of ether oxygens (including phenoxy) is 4. The fourth-order valence-electron chi connectivity index (χ4n) is 4.32. The van der Waals surface area contributed by atoms with E-state index >= 15 is 0 Å². The van der Waals surface area contributed by atoms with Crippen LogP contribution in [-0.4, -0.2) is 37.4 Å². The van der Waals surface area contributed by atoms with Crippen LogP contribution in [0.15, 0.2) is 60.7 Å². The number of carboxylic acid groups (broad SMARTS) is 1. The van der Waals surface area contributed by atoms with E-state index in [9.17, 15) is 14.7 Å². The summed E-state index contributed by atoms with van der Waals surface area (Å²) in [7, 11) is 1.55. The van der Waals surface area contributed by atoms with Gasteiger partial charge in [-0.1, -0.05) is 25.8 Å². The van der Waals surface area contributed by atoms with Crippen molar-refractivity contribution < 1.29 is 33.6 Å². The van der Waals surface area contributed by atoms with Crippen molar-refractivity contribution in [3.8, 4) is 23.0 Å². The molecule has 0 heterocycles. The summed E-state index contributed by atoms with van der Waals surface area (Å²) >= 11 is 0. The first-order valence-corrected chi connectivity index (χ1v) is 14.2. The van der Waals surface area contributed by atoms with E-state index in [1.807, 2.05) is 6.07 Å². The molecule has 0 saturated heterocycles. The number of methoxy groups -OCH3 is 1. The Kier molecular flexibility index (Phi) is 12.6. The second kappa shape index (κ2) is 16.6. The van der Waals surface area contributed by atoms with Gasteiger partial charge in [-0.15, -0.1) is 0 Å². The van der Waals surface area contributed by atoms with Crippen LogP contribution in [0, 0.1) is 0 Å². The van der Waals surface area contributed by atoms with E-state index in [-0.39, 0.29) is 5.56 Å². The topological polar surface area (TPSA) is 143 Å². The SMILES string of the molecule is CCCCCOc1ccc(OC(=O)/C=C/c2ccc(OCCCCCc3c(N)cc(N)cc3C(=O)O)c(OC)c2)cc1. The highest BCUT2D eigenvalue weighted by Crippen LogP contribution is 2.29. The third-order valence-corrected chi connectivity index (χ3v) is 6.52. The predicted octanol–water partition coefficient (Wildman–Crippen LogP) is 6.54. The van der Waals surface area contributed by atoms with E-state index in [0.717, 1.165) is 49.8 Å². The van der Waals surface area contributed by atoms with E-state index in [1.165, 1.54) is 12.1 Å². The Hall–Kier alpha value is -4.66. The number of nitrogens with two attached hydrogens (primary N) is 2. The lowest BCUT2D eigenvalue weighted by molar-refractivity contribution is -0.128. The molecule has 3 aromatic rings. The zero-order chi connectivity index (χ0) is 30.3. The summed E-state index contributed by atoms with van der Waals surface area (Å²) in [5, 5.41) is 9.44. The molecule has 0 aliphatic carbocycles. The highest BCUT2D eigenvalue weighted by molar-refractivity contribution is 5.92. The third kappa shape index (κ3) is 10.1. The van der Waals surface area contributed by atoms with Crippen LogP contribution in [0.1, 0.15) is 66.9 Å². The molecule has 0 atom stereocenters. The van der Waals surface area contributed by atoms with Crippen LogP contribution in [0.2, 0.25) is 0 Å². The van der Waals surface area contributed by atoms with Crippen molar-refractivity contribution >= 4 is 29.4 Å². The molecule has 0 spiro atoms. The molecule has 3 rings (SSSR count). The highest BCUT2D eigenvalue weighted by Gasteiger charge is 2.14. The first kappa shape index (κ1) is 31.9. The number of benzene rings is 3. The minimum atomic E-state index is -1.04. The van der Waals surface area contributed by atoms with Crippen LogP contribution in [0.4, 0.5) is 11.4 Å². The van der Waals surface area contributed by atoms with Crippen LogP contribution in [0.3, 0.4) is 0 Å². The molecule has 9 nitrogen and oxygen atoms in total. The average Bonchev–Trinajstić information content (AvgIpc) is 2.97. The highest BCUT2D eigenvalue weighted by atomic mass is 16.5. The Bertz CT molecular complexity index is 1350. The van der Waals surface area contributed by atoms with E-state index in [1.54, 1.807) is 55.7 Å². The first-order chi connectivity index (χ1) is 20.3. The number of carbonyl (C=O) groups excluding carboxylic acids is 1. The van der Waals surface area contributed by atoms with Crippen molar-refractivity contribution in [2.75, 3.05) is 31.8 Å². The maximum atomic E-state index is 12.3. The molecule has 9 heteroatoms. The van der Waals surface area contributed by atoms with Crippen molar-refractivity contribution in [2.24, 2.45) is 0 Å².